The Morgan fingerprint density at radius 1 is 1.06 bits per heavy atom. The molecule has 0 radical (unpaired) electrons. The van der Waals surface area contributed by atoms with Crippen molar-refractivity contribution >= 4 is 34.4 Å². The molecule has 5 rings (SSSR count). The highest BCUT2D eigenvalue weighted by atomic mass is 32.1. The molecule has 3 N–H and O–H groups in total. The maximum atomic E-state index is 5.90. The van der Waals surface area contributed by atoms with Crippen LogP contribution in [0.3, 0.4) is 0 Å². The molecule has 1 saturated heterocycles. The Bertz CT molecular complexity index is 1120. The van der Waals surface area contributed by atoms with Gasteiger partial charge in [0.2, 0.25) is 5.96 Å². The van der Waals surface area contributed by atoms with Crippen LogP contribution in [0.1, 0.15) is 25.4 Å². The molecule has 168 valence electrons. The first-order valence-electron chi connectivity index (χ1n) is 11.2. The summed E-state index contributed by atoms with van der Waals surface area (Å²) in [6, 6.07) is 14.5. The van der Waals surface area contributed by atoms with Gasteiger partial charge in [0.05, 0.1) is 11.4 Å². The molecule has 0 bridgehead atoms. The minimum absolute atomic E-state index is 0. The molecule has 0 atom stereocenters. The van der Waals surface area contributed by atoms with E-state index in [0.29, 0.717) is 5.96 Å². The van der Waals surface area contributed by atoms with E-state index >= 15 is 0 Å². The summed E-state index contributed by atoms with van der Waals surface area (Å²) >= 11 is 1.77. The van der Waals surface area contributed by atoms with E-state index in [1.807, 2.05) is 24.3 Å². The summed E-state index contributed by atoms with van der Waals surface area (Å²) in [7, 11) is 0. The van der Waals surface area contributed by atoms with E-state index in [9.17, 15) is 0 Å². The molecule has 2 aliphatic rings. The molecule has 3 heterocycles. The number of nitrogens with one attached hydrogen (secondary N) is 3. The molecule has 0 aliphatic carbocycles. The van der Waals surface area contributed by atoms with E-state index in [1.165, 1.54) is 47.5 Å². The van der Waals surface area contributed by atoms with E-state index in [-0.39, 0.29) is 1.43 Å². The number of benzene rings is 2. The molecule has 3 aromatic rings. The van der Waals surface area contributed by atoms with Gasteiger partial charge in [-0.3, -0.25) is 15.8 Å². The Kier molecular flexibility index (Phi) is 6.01. The zero-order valence-corrected chi connectivity index (χ0v) is 19.4. The molecule has 0 saturated carbocycles. The third-order valence-electron chi connectivity index (χ3n) is 5.99. The summed E-state index contributed by atoms with van der Waals surface area (Å²) < 4.78 is 5.90. The van der Waals surface area contributed by atoms with Crippen molar-refractivity contribution in [3.63, 3.8) is 0 Å². The van der Waals surface area contributed by atoms with E-state index in [0.717, 1.165) is 36.0 Å². The quantitative estimate of drug-likeness (QED) is 0.445. The third-order valence-corrected chi connectivity index (χ3v) is 7.04. The van der Waals surface area contributed by atoms with Crippen LogP contribution in [0, 0.1) is 13.8 Å². The second kappa shape index (κ2) is 9.22. The van der Waals surface area contributed by atoms with Crippen molar-refractivity contribution in [3.05, 3.63) is 59.0 Å². The van der Waals surface area contributed by atoms with Gasteiger partial charge in [0.15, 0.2) is 0 Å². The topological polar surface area (TPSA) is 60.9 Å². The lowest BCUT2D eigenvalue weighted by molar-refractivity contribution is 0.238. The van der Waals surface area contributed by atoms with Crippen LogP contribution in [0.4, 0.5) is 17.1 Å². The molecule has 6 nitrogen and oxygen atoms in total. The fourth-order valence-corrected chi connectivity index (χ4v) is 5.19. The molecule has 0 spiro atoms. The van der Waals surface area contributed by atoms with Gasteiger partial charge in [-0.15, -0.1) is 11.3 Å². The molecule has 2 aromatic carbocycles. The van der Waals surface area contributed by atoms with Gasteiger partial charge < -0.3 is 10.1 Å². The summed E-state index contributed by atoms with van der Waals surface area (Å²) in [5.74, 6) is 1.56. The number of rotatable bonds is 6. The first kappa shape index (κ1) is 20.8. The maximum Gasteiger partial charge on any atom is 0.220 e. The summed E-state index contributed by atoms with van der Waals surface area (Å²) in [5, 5.41) is 5.47. The monoisotopic (exact) mass is 449 g/mol. The lowest BCUT2D eigenvalue weighted by atomic mass is 10.0. The molecule has 2 aliphatic heterocycles. The zero-order chi connectivity index (χ0) is 21.9. The van der Waals surface area contributed by atoms with E-state index < -0.39 is 0 Å². The number of anilines is 2. The Morgan fingerprint density at radius 3 is 2.62 bits per heavy atom. The number of hydrogen-bond donors (Lipinski definition) is 3. The van der Waals surface area contributed by atoms with E-state index in [2.05, 4.69) is 58.5 Å². The first-order chi connectivity index (χ1) is 15.7. The number of thiophene rings is 1. The fraction of sp³-hybridized carbons (Fsp3) is 0.320. The predicted molar refractivity (Wildman–Crippen MR) is 136 cm³/mol. The molecule has 1 fully saturated rings. The highest BCUT2D eigenvalue weighted by Gasteiger charge is 2.16. The Hall–Kier alpha value is -3.03. The smallest absolute Gasteiger partial charge is 0.220 e. The largest absolute Gasteiger partial charge is 0.492 e. The minimum Gasteiger partial charge on any atom is -0.492 e. The average molecular weight is 450 g/mol. The number of aliphatic imine (C=N–C) groups is 1. The van der Waals surface area contributed by atoms with Gasteiger partial charge in [-0.05, 0) is 104 Å². The highest BCUT2D eigenvalue weighted by Crippen LogP contribution is 2.38. The number of guanidine groups is 1. The van der Waals surface area contributed by atoms with Gasteiger partial charge in [-0.1, -0.05) is 0 Å². The second-order valence-corrected chi connectivity index (χ2v) is 9.29. The number of aryl methyl sites for hydroxylation is 2. The van der Waals surface area contributed by atoms with Gasteiger partial charge in [-0.25, -0.2) is 4.99 Å². The Balaban J connectivity index is 0.00000259. The minimum atomic E-state index is 0. The van der Waals surface area contributed by atoms with Crippen LogP contribution in [-0.2, 0) is 0 Å². The summed E-state index contributed by atoms with van der Waals surface area (Å²) in [6.45, 7) is 8.43. The molecular weight excluding hydrogens is 418 g/mol. The van der Waals surface area contributed by atoms with Gasteiger partial charge in [0.1, 0.15) is 12.4 Å². The van der Waals surface area contributed by atoms with Crippen LogP contribution in [0.25, 0.3) is 10.4 Å². The van der Waals surface area contributed by atoms with Gasteiger partial charge in [0.25, 0.3) is 0 Å². The highest BCUT2D eigenvalue weighted by molar-refractivity contribution is 7.13. The van der Waals surface area contributed by atoms with Crippen LogP contribution in [0.2, 0.25) is 0 Å². The van der Waals surface area contributed by atoms with Crippen molar-refractivity contribution in [1.82, 2.24) is 10.3 Å². The molecule has 7 heteroatoms. The van der Waals surface area contributed by atoms with Crippen LogP contribution >= 0.6 is 11.3 Å². The van der Waals surface area contributed by atoms with E-state index in [1.54, 1.807) is 11.3 Å². The number of hydrogen-bond acceptors (Lipinski definition) is 7. The van der Waals surface area contributed by atoms with Crippen LogP contribution < -0.4 is 20.9 Å². The number of ether oxygens (including phenoxy) is 1. The normalized spacial score (nSPS) is 15.5. The number of hydrazine groups is 1. The van der Waals surface area contributed by atoms with Crippen molar-refractivity contribution in [3.8, 4) is 16.2 Å². The molecule has 32 heavy (non-hydrogen) atoms. The molecule has 0 unspecified atom stereocenters. The van der Waals surface area contributed by atoms with Gasteiger partial charge in [0, 0.05) is 18.5 Å². The second-order valence-electron chi connectivity index (χ2n) is 8.37. The lowest BCUT2D eigenvalue weighted by Gasteiger charge is -2.22. The maximum absolute atomic E-state index is 5.90. The average Bonchev–Trinajstić information content (AvgIpc) is 3.46. The Morgan fingerprint density at radius 2 is 1.88 bits per heavy atom. The summed E-state index contributed by atoms with van der Waals surface area (Å²) in [5.41, 5.74) is 13.1. The Labute approximate surface area is 194 Å². The fourth-order valence-electron chi connectivity index (χ4n) is 4.18. The van der Waals surface area contributed by atoms with Crippen LogP contribution in [-0.4, -0.2) is 37.1 Å². The van der Waals surface area contributed by atoms with Crippen LogP contribution in [0.15, 0.2) is 52.8 Å². The van der Waals surface area contributed by atoms with Crippen molar-refractivity contribution in [2.45, 2.75) is 26.7 Å². The summed E-state index contributed by atoms with van der Waals surface area (Å²) in [4.78, 5) is 8.53. The van der Waals surface area contributed by atoms with Crippen molar-refractivity contribution in [1.29, 1.82) is 0 Å². The molecular formula is C25H31N5OS. The number of likely N-dealkylation sites (tertiary alicyclic amines) is 1. The molecule has 1 aromatic heterocycles. The van der Waals surface area contributed by atoms with Crippen molar-refractivity contribution in [2.24, 2.45) is 4.99 Å². The van der Waals surface area contributed by atoms with Gasteiger partial charge >= 0.3 is 0 Å². The third kappa shape index (κ3) is 4.59. The summed E-state index contributed by atoms with van der Waals surface area (Å²) in [6.07, 6.45) is 2.62. The lowest BCUT2D eigenvalue weighted by Crippen LogP contribution is -2.37. The standard InChI is InChI=1S/C25H29N5OS.H2/c1-17-9-14-32-24(17)21-16-23-22(15-18(21)2)27-25(29-28-23)26-19-5-7-20(8-6-19)31-13-12-30-10-3-4-11-30;/h5-9,14-16,28H,3-4,10-13H2,1-2H3,(H2,26,27,29);1H. The number of nitrogens with zero attached hydrogens (tertiary/aromatic N) is 2. The van der Waals surface area contributed by atoms with E-state index in [4.69, 9.17) is 9.73 Å². The van der Waals surface area contributed by atoms with Crippen LogP contribution in [0.5, 0.6) is 5.75 Å². The van der Waals surface area contributed by atoms with Crippen molar-refractivity contribution in [2.75, 3.05) is 37.0 Å². The zero-order valence-electron chi connectivity index (χ0n) is 18.6. The SMILES string of the molecule is Cc1cc2c(cc1-c1sccc1C)NNC(Nc1ccc(OCCN3CCCC3)cc1)=N2.[HH]. The number of fused-ring (bicyclic) bond motifs is 1. The predicted octanol–water partition coefficient (Wildman–Crippen LogP) is 5.78. The van der Waals surface area contributed by atoms with Gasteiger partial charge in [-0.2, -0.15) is 0 Å². The molecule has 0 amide bonds. The van der Waals surface area contributed by atoms with Crippen molar-refractivity contribution < 1.29 is 6.16 Å². The first-order valence-corrected chi connectivity index (χ1v) is 12.1.